The maximum absolute atomic E-state index is 12.5. The van der Waals surface area contributed by atoms with Crippen LogP contribution in [-0.2, 0) is 4.79 Å². The molecule has 3 rings (SSSR count). The van der Waals surface area contributed by atoms with Crippen molar-refractivity contribution in [2.75, 3.05) is 10.6 Å². The summed E-state index contributed by atoms with van der Waals surface area (Å²) in [5, 5.41) is 16.9. The van der Waals surface area contributed by atoms with Crippen molar-refractivity contribution in [1.29, 1.82) is 0 Å². The number of nitro benzene ring substituents is 1. The van der Waals surface area contributed by atoms with E-state index in [1.54, 1.807) is 44.3 Å². The molecule has 0 aliphatic rings. The third-order valence-electron chi connectivity index (χ3n) is 4.15. The highest BCUT2D eigenvalue weighted by molar-refractivity contribution is 6.05. The predicted molar refractivity (Wildman–Crippen MR) is 108 cm³/mol. The van der Waals surface area contributed by atoms with E-state index in [4.69, 9.17) is 0 Å². The van der Waals surface area contributed by atoms with Gasteiger partial charge in [-0.15, -0.1) is 0 Å². The molecule has 148 valence electrons. The molecule has 0 spiro atoms. The van der Waals surface area contributed by atoms with E-state index in [9.17, 15) is 19.7 Å². The molecule has 0 aliphatic carbocycles. The lowest BCUT2D eigenvalue weighted by atomic mass is 10.1. The first kappa shape index (κ1) is 19.7. The highest BCUT2D eigenvalue weighted by Gasteiger charge is 2.19. The number of amides is 2. The molecular weight excluding hydrogens is 374 g/mol. The van der Waals surface area contributed by atoms with Crippen molar-refractivity contribution in [3.63, 3.8) is 0 Å². The lowest BCUT2D eigenvalue weighted by Gasteiger charge is -2.10. The molecule has 0 saturated heterocycles. The number of anilines is 2. The van der Waals surface area contributed by atoms with Gasteiger partial charge in [0.05, 0.1) is 11.3 Å². The first-order chi connectivity index (χ1) is 13.8. The van der Waals surface area contributed by atoms with Crippen LogP contribution in [-0.4, -0.2) is 26.3 Å². The van der Waals surface area contributed by atoms with Crippen molar-refractivity contribution in [1.82, 2.24) is 9.55 Å². The van der Waals surface area contributed by atoms with E-state index in [0.717, 1.165) is 0 Å². The van der Waals surface area contributed by atoms with E-state index in [2.05, 4.69) is 15.6 Å². The molecule has 0 radical (unpaired) electrons. The van der Waals surface area contributed by atoms with E-state index in [0.29, 0.717) is 17.1 Å². The van der Waals surface area contributed by atoms with E-state index in [1.807, 2.05) is 0 Å². The molecule has 29 heavy (non-hydrogen) atoms. The molecule has 3 aromatic rings. The number of hydrogen-bond donors (Lipinski definition) is 2. The number of nitrogens with zero attached hydrogens (tertiary/aromatic N) is 3. The summed E-state index contributed by atoms with van der Waals surface area (Å²) in [6, 6.07) is 10.8. The smallest absolute Gasteiger partial charge is 0.294 e. The Labute approximate surface area is 166 Å². The molecule has 0 fully saturated rings. The number of nitro groups is 1. The summed E-state index contributed by atoms with van der Waals surface area (Å²) in [7, 11) is 0. The van der Waals surface area contributed by atoms with Crippen LogP contribution in [0.25, 0.3) is 5.69 Å². The number of benzene rings is 2. The van der Waals surface area contributed by atoms with Crippen molar-refractivity contribution in [3.05, 3.63) is 76.9 Å². The number of imidazole rings is 1. The van der Waals surface area contributed by atoms with Crippen molar-refractivity contribution >= 4 is 28.9 Å². The fraction of sp³-hybridized carbons (Fsp3) is 0.150. The summed E-state index contributed by atoms with van der Waals surface area (Å²) in [5.41, 5.74) is 1.37. The van der Waals surface area contributed by atoms with Gasteiger partial charge in [-0.2, -0.15) is 0 Å². The number of carbonyl (C=O) groups excluding carboxylic acids is 2. The molecule has 2 aromatic carbocycles. The summed E-state index contributed by atoms with van der Waals surface area (Å²) < 4.78 is 1.50. The normalized spacial score (nSPS) is 10.6. The second-order valence-electron chi connectivity index (χ2n) is 6.61. The van der Waals surface area contributed by atoms with Gasteiger partial charge in [0.2, 0.25) is 5.91 Å². The van der Waals surface area contributed by atoms with Gasteiger partial charge < -0.3 is 15.2 Å². The molecule has 1 aromatic heterocycles. The van der Waals surface area contributed by atoms with Gasteiger partial charge >= 0.3 is 0 Å². The van der Waals surface area contributed by atoms with Crippen molar-refractivity contribution in [2.45, 2.75) is 13.8 Å². The Hall–Kier alpha value is -4.01. The van der Waals surface area contributed by atoms with Crippen molar-refractivity contribution in [2.24, 2.45) is 5.92 Å². The molecule has 0 bridgehead atoms. The zero-order chi connectivity index (χ0) is 21.0. The van der Waals surface area contributed by atoms with Crippen LogP contribution in [0.3, 0.4) is 0 Å². The molecule has 0 atom stereocenters. The van der Waals surface area contributed by atoms with E-state index < -0.39 is 10.8 Å². The Bertz CT molecular complexity index is 1040. The largest absolute Gasteiger partial charge is 0.326 e. The monoisotopic (exact) mass is 393 g/mol. The van der Waals surface area contributed by atoms with E-state index >= 15 is 0 Å². The van der Waals surface area contributed by atoms with Gasteiger partial charge in [-0.05, 0) is 36.4 Å². The quantitative estimate of drug-likeness (QED) is 0.490. The Morgan fingerprint density at radius 3 is 2.28 bits per heavy atom. The summed E-state index contributed by atoms with van der Waals surface area (Å²) in [5.74, 6) is -0.730. The predicted octanol–water partition coefficient (Wildman–Crippen LogP) is 3.63. The second-order valence-corrected chi connectivity index (χ2v) is 6.61. The van der Waals surface area contributed by atoms with Crippen LogP contribution in [0, 0.1) is 16.0 Å². The number of carbonyl (C=O) groups is 2. The highest BCUT2D eigenvalue weighted by Crippen LogP contribution is 2.25. The van der Waals surface area contributed by atoms with Crippen LogP contribution < -0.4 is 10.6 Å². The fourth-order valence-corrected chi connectivity index (χ4v) is 2.56. The van der Waals surface area contributed by atoms with Gasteiger partial charge in [-0.25, -0.2) is 4.98 Å². The zero-order valence-electron chi connectivity index (χ0n) is 15.8. The van der Waals surface area contributed by atoms with Gasteiger partial charge in [0, 0.05) is 41.3 Å². The molecule has 0 saturated carbocycles. The number of hydrogen-bond acceptors (Lipinski definition) is 5. The number of nitrogens with one attached hydrogen (secondary N) is 2. The standard InChI is InChI=1S/C20H19N5O4/c1-13(2)19(26)22-15-4-6-16(7-5-15)23-20(27)14-3-8-17(18(11-14)25(28)29)24-10-9-21-12-24/h3-13H,1-2H3,(H,22,26)(H,23,27). The lowest BCUT2D eigenvalue weighted by molar-refractivity contribution is -0.384. The molecule has 1 heterocycles. The Balaban J connectivity index is 1.76. The highest BCUT2D eigenvalue weighted by atomic mass is 16.6. The average molecular weight is 393 g/mol. The summed E-state index contributed by atoms with van der Waals surface area (Å²) in [4.78, 5) is 39.0. The fourth-order valence-electron chi connectivity index (χ4n) is 2.56. The SMILES string of the molecule is CC(C)C(=O)Nc1ccc(NC(=O)c2ccc(-n3ccnc3)c([N+](=O)[O-])c2)cc1. The Morgan fingerprint density at radius 1 is 1.07 bits per heavy atom. The lowest BCUT2D eigenvalue weighted by Crippen LogP contribution is -2.17. The number of rotatable bonds is 6. The van der Waals surface area contributed by atoms with Gasteiger partial charge in [-0.3, -0.25) is 19.7 Å². The van der Waals surface area contributed by atoms with Crippen LogP contribution in [0.2, 0.25) is 0 Å². The minimum absolute atomic E-state index is 0.105. The van der Waals surface area contributed by atoms with Gasteiger partial charge in [0.25, 0.3) is 11.6 Å². The molecule has 0 unspecified atom stereocenters. The summed E-state index contributed by atoms with van der Waals surface area (Å²) >= 11 is 0. The summed E-state index contributed by atoms with van der Waals surface area (Å²) in [6.45, 7) is 3.59. The number of aromatic nitrogens is 2. The third kappa shape index (κ3) is 4.64. The first-order valence-electron chi connectivity index (χ1n) is 8.84. The molecule has 2 amide bonds. The molecule has 9 heteroatoms. The van der Waals surface area contributed by atoms with Gasteiger partial charge in [0.15, 0.2) is 0 Å². The Morgan fingerprint density at radius 2 is 1.72 bits per heavy atom. The maximum atomic E-state index is 12.5. The topological polar surface area (TPSA) is 119 Å². The zero-order valence-corrected chi connectivity index (χ0v) is 15.8. The first-order valence-corrected chi connectivity index (χ1v) is 8.84. The van der Waals surface area contributed by atoms with Crippen molar-refractivity contribution < 1.29 is 14.5 Å². The van der Waals surface area contributed by atoms with Crippen LogP contribution in [0.15, 0.2) is 61.2 Å². The van der Waals surface area contributed by atoms with Gasteiger partial charge in [-0.1, -0.05) is 13.8 Å². The average Bonchev–Trinajstić information content (AvgIpc) is 3.23. The minimum atomic E-state index is -0.543. The maximum Gasteiger partial charge on any atom is 0.294 e. The molecule has 9 nitrogen and oxygen atoms in total. The minimum Gasteiger partial charge on any atom is -0.326 e. The summed E-state index contributed by atoms with van der Waals surface area (Å²) in [6.07, 6.45) is 4.54. The van der Waals surface area contributed by atoms with Gasteiger partial charge in [0.1, 0.15) is 5.69 Å². The molecular formula is C20H19N5O4. The van der Waals surface area contributed by atoms with Crippen LogP contribution in [0.4, 0.5) is 17.1 Å². The van der Waals surface area contributed by atoms with Crippen LogP contribution in [0.1, 0.15) is 24.2 Å². The van der Waals surface area contributed by atoms with Crippen LogP contribution >= 0.6 is 0 Å². The van der Waals surface area contributed by atoms with E-state index in [1.165, 1.54) is 35.3 Å². The molecule has 0 aliphatic heterocycles. The Kier molecular flexibility index (Phi) is 5.68. The third-order valence-corrected chi connectivity index (χ3v) is 4.15. The molecule has 2 N–H and O–H groups in total. The van der Waals surface area contributed by atoms with Crippen molar-refractivity contribution in [3.8, 4) is 5.69 Å². The second kappa shape index (κ2) is 8.34. The van der Waals surface area contributed by atoms with Crippen LogP contribution in [0.5, 0.6) is 0 Å². The van der Waals surface area contributed by atoms with E-state index in [-0.39, 0.29) is 23.1 Å².